The lowest BCUT2D eigenvalue weighted by molar-refractivity contribution is -0.122. The molecule has 29 heavy (non-hydrogen) atoms. The van der Waals surface area contributed by atoms with E-state index in [1.165, 1.54) is 13.0 Å². The third-order valence-corrected chi connectivity index (χ3v) is 6.03. The maximum absolute atomic E-state index is 12.7. The lowest BCUT2D eigenvalue weighted by atomic mass is 10.1. The number of carbonyl (C=O) groups excluding carboxylic acids is 1. The molecule has 0 spiro atoms. The number of nitrogens with one attached hydrogen (secondary N) is 1. The molecule has 156 valence electrons. The monoisotopic (exact) mass is 438 g/mol. The quantitative estimate of drug-likeness (QED) is 0.749. The van der Waals surface area contributed by atoms with Crippen molar-refractivity contribution in [3.63, 3.8) is 0 Å². The van der Waals surface area contributed by atoms with E-state index >= 15 is 0 Å². The summed E-state index contributed by atoms with van der Waals surface area (Å²) in [6.45, 7) is 3.77. The first-order valence-corrected chi connectivity index (χ1v) is 11.3. The molecular formula is C20H23ClN2O5S. The predicted octanol–water partition coefficient (Wildman–Crippen LogP) is 2.76. The van der Waals surface area contributed by atoms with Gasteiger partial charge in [0.15, 0.2) is 11.5 Å². The summed E-state index contributed by atoms with van der Waals surface area (Å²) in [5, 5.41) is 3.14. The van der Waals surface area contributed by atoms with Crippen molar-refractivity contribution in [3.05, 3.63) is 53.1 Å². The number of nitrogens with zero attached hydrogens (tertiary/aromatic N) is 1. The fourth-order valence-corrected chi connectivity index (χ4v) is 4.52. The Kier molecular flexibility index (Phi) is 6.24. The van der Waals surface area contributed by atoms with Gasteiger partial charge in [-0.1, -0.05) is 29.8 Å². The smallest absolute Gasteiger partial charge is 0.243 e. The van der Waals surface area contributed by atoms with Crippen LogP contribution >= 0.6 is 11.6 Å². The van der Waals surface area contributed by atoms with E-state index < -0.39 is 22.0 Å². The van der Waals surface area contributed by atoms with E-state index in [1.54, 1.807) is 25.1 Å². The Morgan fingerprint density at radius 1 is 1.28 bits per heavy atom. The summed E-state index contributed by atoms with van der Waals surface area (Å²) in [6, 6.07) is 11.2. The van der Waals surface area contributed by atoms with Gasteiger partial charge in [0.1, 0.15) is 18.8 Å². The number of hydrogen-bond acceptors (Lipinski definition) is 5. The summed E-state index contributed by atoms with van der Waals surface area (Å²) in [4.78, 5) is 12.7. The van der Waals surface area contributed by atoms with Crippen molar-refractivity contribution in [2.24, 2.45) is 0 Å². The van der Waals surface area contributed by atoms with Gasteiger partial charge in [-0.25, -0.2) is 8.42 Å². The van der Waals surface area contributed by atoms with E-state index in [1.807, 2.05) is 18.2 Å². The van der Waals surface area contributed by atoms with Crippen LogP contribution in [0.3, 0.4) is 0 Å². The van der Waals surface area contributed by atoms with Gasteiger partial charge in [0.05, 0.1) is 18.5 Å². The Labute approximate surface area is 175 Å². The fourth-order valence-electron chi connectivity index (χ4n) is 3.13. The number of benzene rings is 2. The lowest BCUT2D eigenvalue weighted by Crippen LogP contribution is -2.50. The summed E-state index contributed by atoms with van der Waals surface area (Å²) < 4.78 is 37.4. The van der Waals surface area contributed by atoms with E-state index in [0.717, 1.165) is 10.6 Å². The molecule has 0 saturated carbocycles. The van der Waals surface area contributed by atoms with Crippen molar-refractivity contribution in [2.45, 2.75) is 26.0 Å². The maximum atomic E-state index is 12.7. The molecule has 0 saturated heterocycles. The summed E-state index contributed by atoms with van der Waals surface area (Å²) in [6.07, 6.45) is 0.687. The van der Waals surface area contributed by atoms with Gasteiger partial charge in [0, 0.05) is 5.02 Å². The first-order chi connectivity index (χ1) is 13.7. The number of fused-ring (bicyclic) bond motifs is 1. The lowest BCUT2D eigenvalue weighted by Gasteiger charge is -2.31. The Morgan fingerprint density at radius 2 is 1.97 bits per heavy atom. The number of rotatable bonds is 6. The van der Waals surface area contributed by atoms with Crippen LogP contribution in [-0.2, 0) is 14.8 Å². The van der Waals surface area contributed by atoms with Crippen LogP contribution in [0.1, 0.15) is 12.5 Å². The van der Waals surface area contributed by atoms with Crippen LogP contribution in [0, 0.1) is 6.92 Å². The number of aryl methyl sites for hydroxylation is 1. The minimum absolute atomic E-state index is 0.184. The minimum atomic E-state index is -3.73. The molecule has 0 unspecified atom stereocenters. The number of anilines is 1. The molecule has 1 heterocycles. The molecular weight excluding hydrogens is 416 g/mol. The van der Waals surface area contributed by atoms with Crippen LogP contribution in [0.4, 0.5) is 5.69 Å². The second-order valence-corrected chi connectivity index (χ2v) is 9.20. The molecule has 1 amide bonds. The van der Waals surface area contributed by atoms with Gasteiger partial charge in [0.2, 0.25) is 15.9 Å². The van der Waals surface area contributed by atoms with E-state index in [4.69, 9.17) is 21.1 Å². The number of sulfonamides is 1. The van der Waals surface area contributed by atoms with Crippen molar-refractivity contribution in [1.29, 1.82) is 0 Å². The molecule has 9 heteroatoms. The number of para-hydroxylation sites is 2. The third kappa shape index (κ3) is 4.94. The largest absolute Gasteiger partial charge is 0.486 e. The zero-order chi connectivity index (χ0) is 21.2. The van der Waals surface area contributed by atoms with E-state index in [0.29, 0.717) is 27.8 Å². The van der Waals surface area contributed by atoms with Crippen LogP contribution in [0.5, 0.6) is 11.5 Å². The summed E-state index contributed by atoms with van der Waals surface area (Å²) >= 11 is 6.05. The molecule has 1 aliphatic rings. The maximum Gasteiger partial charge on any atom is 0.243 e. The summed E-state index contributed by atoms with van der Waals surface area (Å²) in [7, 11) is -3.73. The molecule has 0 aliphatic carbocycles. The average molecular weight is 439 g/mol. The fraction of sp³-hybridized carbons (Fsp3) is 0.350. The van der Waals surface area contributed by atoms with Crippen molar-refractivity contribution in [1.82, 2.24) is 5.32 Å². The molecule has 2 atom stereocenters. The molecule has 7 nitrogen and oxygen atoms in total. The molecule has 2 aromatic rings. The van der Waals surface area contributed by atoms with E-state index in [-0.39, 0.29) is 19.3 Å². The highest BCUT2D eigenvalue weighted by molar-refractivity contribution is 7.92. The van der Waals surface area contributed by atoms with Crippen molar-refractivity contribution >= 4 is 33.2 Å². The minimum Gasteiger partial charge on any atom is -0.486 e. The second kappa shape index (κ2) is 8.51. The number of carbonyl (C=O) groups is 1. The Morgan fingerprint density at radius 3 is 2.66 bits per heavy atom. The summed E-state index contributed by atoms with van der Waals surface area (Å²) in [5.74, 6) is 0.818. The molecule has 1 N–H and O–H groups in total. The SMILES string of the molecule is Cc1ccc(Cl)cc1N([C@H](C)C(=O)NC[C@H]1COc2ccccc2O1)S(C)(=O)=O. The van der Waals surface area contributed by atoms with Crippen molar-refractivity contribution in [2.75, 3.05) is 23.7 Å². The molecule has 2 aromatic carbocycles. The first kappa shape index (κ1) is 21.3. The number of halogens is 1. The van der Waals surface area contributed by atoms with Crippen LogP contribution in [0.25, 0.3) is 0 Å². The molecule has 0 aromatic heterocycles. The zero-order valence-corrected chi connectivity index (χ0v) is 18.0. The van der Waals surface area contributed by atoms with Gasteiger partial charge >= 0.3 is 0 Å². The average Bonchev–Trinajstić information content (AvgIpc) is 2.67. The van der Waals surface area contributed by atoms with E-state index in [2.05, 4.69) is 5.32 Å². The van der Waals surface area contributed by atoms with Gasteiger partial charge in [-0.2, -0.15) is 0 Å². The highest BCUT2D eigenvalue weighted by Gasteiger charge is 2.31. The Balaban J connectivity index is 1.71. The number of ether oxygens (including phenoxy) is 2. The highest BCUT2D eigenvalue weighted by atomic mass is 35.5. The van der Waals surface area contributed by atoms with Crippen LogP contribution in [0.2, 0.25) is 5.02 Å². The van der Waals surface area contributed by atoms with Crippen LogP contribution < -0.4 is 19.1 Å². The molecule has 0 bridgehead atoms. The van der Waals surface area contributed by atoms with Gasteiger partial charge in [-0.15, -0.1) is 0 Å². The normalized spacial score (nSPS) is 16.8. The van der Waals surface area contributed by atoms with Crippen LogP contribution in [-0.4, -0.2) is 45.9 Å². The van der Waals surface area contributed by atoms with Crippen molar-refractivity contribution < 1.29 is 22.7 Å². The first-order valence-electron chi connectivity index (χ1n) is 9.08. The topological polar surface area (TPSA) is 84.9 Å². The van der Waals surface area contributed by atoms with Crippen LogP contribution in [0.15, 0.2) is 42.5 Å². The second-order valence-electron chi connectivity index (χ2n) is 6.91. The Bertz CT molecular complexity index is 1010. The zero-order valence-electron chi connectivity index (χ0n) is 16.4. The van der Waals surface area contributed by atoms with E-state index in [9.17, 15) is 13.2 Å². The highest BCUT2D eigenvalue weighted by Crippen LogP contribution is 2.31. The molecule has 3 rings (SSSR count). The molecule has 0 radical (unpaired) electrons. The standard InChI is InChI=1S/C20H23ClN2O5S/c1-13-8-9-15(21)10-17(13)23(29(3,25)26)14(2)20(24)22-11-16-12-27-18-6-4-5-7-19(18)28-16/h4-10,14,16H,11-12H2,1-3H3,(H,22,24)/t14-,16+/m1/s1. The van der Waals surface area contributed by atoms with Gasteiger partial charge in [-0.3, -0.25) is 9.10 Å². The third-order valence-electron chi connectivity index (χ3n) is 4.57. The number of amides is 1. The molecule has 1 aliphatic heterocycles. The predicted molar refractivity (Wildman–Crippen MR) is 112 cm³/mol. The van der Waals surface area contributed by atoms with Crippen molar-refractivity contribution in [3.8, 4) is 11.5 Å². The van der Waals surface area contributed by atoms with Gasteiger partial charge < -0.3 is 14.8 Å². The Hall–Kier alpha value is -2.45. The van der Waals surface area contributed by atoms with Gasteiger partial charge in [-0.05, 0) is 43.7 Å². The summed E-state index contributed by atoms with van der Waals surface area (Å²) in [5.41, 5.74) is 1.06. The number of hydrogen-bond donors (Lipinski definition) is 1. The van der Waals surface area contributed by atoms with Gasteiger partial charge in [0.25, 0.3) is 0 Å². The molecule has 0 fully saturated rings.